The minimum absolute atomic E-state index is 0.236. The lowest BCUT2D eigenvalue weighted by Gasteiger charge is -2.08. The molecule has 0 saturated heterocycles. The van der Waals surface area contributed by atoms with Crippen LogP contribution in [-0.2, 0) is 6.54 Å². The molecule has 0 aliphatic rings. The number of carbonyl (C=O) groups excluding carboxylic acids is 1. The zero-order chi connectivity index (χ0) is 15.2. The Morgan fingerprint density at radius 3 is 2.48 bits per heavy atom. The smallest absolute Gasteiger partial charge is 0.255 e. The molecule has 0 fully saturated rings. The number of benzene rings is 2. The Kier molecular flexibility index (Phi) is 5.62. The van der Waals surface area contributed by atoms with E-state index in [0.29, 0.717) is 15.6 Å². The van der Waals surface area contributed by atoms with Gasteiger partial charge in [-0.1, -0.05) is 42.3 Å². The first-order valence-corrected chi connectivity index (χ1v) is 7.41. The number of amides is 1. The Hall–Kier alpha value is -1.55. The molecule has 0 radical (unpaired) electrons. The van der Waals surface area contributed by atoms with Crippen LogP contribution in [0.3, 0.4) is 0 Å². The zero-order valence-electron chi connectivity index (χ0n) is 11.6. The molecule has 3 nitrogen and oxygen atoms in total. The van der Waals surface area contributed by atoms with Crippen molar-refractivity contribution in [2.24, 2.45) is 0 Å². The van der Waals surface area contributed by atoms with Crippen LogP contribution in [-0.4, -0.2) is 12.5 Å². The van der Waals surface area contributed by atoms with Crippen molar-refractivity contribution in [3.05, 3.63) is 63.6 Å². The van der Waals surface area contributed by atoms with Gasteiger partial charge in [0.25, 0.3) is 5.91 Å². The number of nitrogens with one attached hydrogen (secondary N) is 2. The molecule has 2 aromatic rings. The third-order valence-corrected chi connectivity index (χ3v) is 3.33. The SMILES string of the molecule is CCNCc1cccc(NC(=O)c2cc(Cl)cc(Cl)c2)c1. The first-order chi connectivity index (χ1) is 10.1. The number of hydrogen-bond donors (Lipinski definition) is 2. The monoisotopic (exact) mass is 322 g/mol. The summed E-state index contributed by atoms with van der Waals surface area (Å²) in [6, 6.07) is 12.5. The molecule has 1 amide bonds. The van der Waals surface area contributed by atoms with E-state index in [-0.39, 0.29) is 5.91 Å². The van der Waals surface area contributed by atoms with Gasteiger partial charge in [-0.25, -0.2) is 0 Å². The van der Waals surface area contributed by atoms with Crippen LogP contribution in [0.25, 0.3) is 0 Å². The number of carbonyl (C=O) groups is 1. The van der Waals surface area contributed by atoms with Gasteiger partial charge < -0.3 is 10.6 Å². The van der Waals surface area contributed by atoms with Crippen LogP contribution in [0.5, 0.6) is 0 Å². The Labute approximate surface area is 134 Å². The molecule has 110 valence electrons. The second-order valence-electron chi connectivity index (χ2n) is 4.59. The number of hydrogen-bond acceptors (Lipinski definition) is 2. The molecule has 21 heavy (non-hydrogen) atoms. The molecule has 0 unspecified atom stereocenters. The van der Waals surface area contributed by atoms with E-state index in [1.807, 2.05) is 24.3 Å². The van der Waals surface area contributed by atoms with Crippen LogP contribution in [0.15, 0.2) is 42.5 Å². The van der Waals surface area contributed by atoms with Crippen molar-refractivity contribution >= 4 is 34.8 Å². The largest absolute Gasteiger partial charge is 0.322 e. The summed E-state index contributed by atoms with van der Waals surface area (Å²) in [4.78, 5) is 12.2. The van der Waals surface area contributed by atoms with Crippen LogP contribution in [0.2, 0.25) is 10.0 Å². The summed E-state index contributed by atoms with van der Waals surface area (Å²) in [5.74, 6) is -0.236. The van der Waals surface area contributed by atoms with E-state index in [2.05, 4.69) is 17.6 Å². The second kappa shape index (κ2) is 7.46. The van der Waals surface area contributed by atoms with E-state index in [1.54, 1.807) is 18.2 Å². The van der Waals surface area contributed by atoms with Crippen molar-refractivity contribution in [2.45, 2.75) is 13.5 Å². The van der Waals surface area contributed by atoms with Gasteiger partial charge in [-0.05, 0) is 42.4 Å². The van der Waals surface area contributed by atoms with Crippen molar-refractivity contribution in [3.63, 3.8) is 0 Å². The third-order valence-electron chi connectivity index (χ3n) is 2.89. The number of anilines is 1. The highest BCUT2D eigenvalue weighted by atomic mass is 35.5. The predicted octanol–water partition coefficient (Wildman–Crippen LogP) is 4.36. The molecule has 0 aromatic heterocycles. The molecular weight excluding hydrogens is 307 g/mol. The van der Waals surface area contributed by atoms with E-state index < -0.39 is 0 Å². The fraction of sp³-hybridized carbons (Fsp3) is 0.188. The minimum Gasteiger partial charge on any atom is -0.322 e. The van der Waals surface area contributed by atoms with Gasteiger partial charge in [-0.3, -0.25) is 4.79 Å². The zero-order valence-corrected chi connectivity index (χ0v) is 13.1. The van der Waals surface area contributed by atoms with Crippen molar-refractivity contribution in [1.29, 1.82) is 0 Å². The summed E-state index contributed by atoms with van der Waals surface area (Å²) >= 11 is 11.8. The number of halogens is 2. The average Bonchev–Trinajstić information content (AvgIpc) is 2.44. The summed E-state index contributed by atoms with van der Waals surface area (Å²) in [5, 5.41) is 6.97. The molecule has 2 aromatic carbocycles. The normalized spacial score (nSPS) is 10.4. The summed E-state index contributed by atoms with van der Waals surface area (Å²) in [6.07, 6.45) is 0. The molecule has 0 spiro atoms. The topological polar surface area (TPSA) is 41.1 Å². The fourth-order valence-corrected chi connectivity index (χ4v) is 2.44. The lowest BCUT2D eigenvalue weighted by atomic mass is 10.1. The van der Waals surface area contributed by atoms with E-state index in [0.717, 1.165) is 24.3 Å². The maximum absolute atomic E-state index is 12.2. The molecule has 0 heterocycles. The Morgan fingerprint density at radius 2 is 1.81 bits per heavy atom. The first kappa shape index (κ1) is 15.8. The van der Waals surface area contributed by atoms with E-state index >= 15 is 0 Å². The summed E-state index contributed by atoms with van der Waals surface area (Å²) in [7, 11) is 0. The molecule has 2 rings (SSSR count). The summed E-state index contributed by atoms with van der Waals surface area (Å²) < 4.78 is 0. The van der Waals surface area contributed by atoms with Crippen LogP contribution < -0.4 is 10.6 Å². The van der Waals surface area contributed by atoms with Crippen molar-refractivity contribution in [3.8, 4) is 0 Å². The Bertz CT molecular complexity index is 624. The highest BCUT2D eigenvalue weighted by Gasteiger charge is 2.08. The van der Waals surface area contributed by atoms with Crippen molar-refractivity contribution in [1.82, 2.24) is 5.32 Å². The summed E-state index contributed by atoms with van der Waals surface area (Å²) in [5.41, 5.74) is 2.29. The van der Waals surface area contributed by atoms with Gasteiger partial charge in [0.2, 0.25) is 0 Å². The Morgan fingerprint density at radius 1 is 1.10 bits per heavy atom. The van der Waals surface area contributed by atoms with Crippen LogP contribution in [0.1, 0.15) is 22.8 Å². The van der Waals surface area contributed by atoms with E-state index in [9.17, 15) is 4.79 Å². The van der Waals surface area contributed by atoms with Gasteiger partial charge in [0.15, 0.2) is 0 Å². The molecular formula is C16H16Cl2N2O. The standard InChI is InChI=1S/C16H16Cl2N2O/c1-2-19-10-11-4-3-5-15(6-11)20-16(21)12-7-13(17)9-14(18)8-12/h3-9,19H,2,10H2,1H3,(H,20,21). The minimum atomic E-state index is -0.236. The third kappa shape index (κ3) is 4.74. The number of rotatable bonds is 5. The first-order valence-electron chi connectivity index (χ1n) is 6.65. The van der Waals surface area contributed by atoms with Gasteiger partial charge in [0.1, 0.15) is 0 Å². The van der Waals surface area contributed by atoms with E-state index in [1.165, 1.54) is 0 Å². The lowest BCUT2D eigenvalue weighted by Crippen LogP contribution is -2.14. The van der Waals surface area contributed by atoms with Crippen LogP contribution in [0.4, 0.5) is 5.69 Å². The van der Waals surface area contributed by atoms with Crippen LogP contribution >= 0.6 is 23.2 Å². The quantitative estimate of drug-likeness (QED) is 0.858. The van der Waals surface area contributed by atoms with Gasteiger partial charge >= 0.3 is 0 Å². The molecule has 2 N–H and O–H groups in total. The van der Waals surface area contributed by atoms with Crippen molar-refractivity contribution in [2.75, 3.05) is 11.9 Å². The molecule has 5 heteroatoms. The maximum Gasteiger partial charge on any atom is 0.255 e. The highest BCUT2D eigenvalue weighted by molar-refractivity contribution is 6.35. The van der Waals surface area contributed by atoms with E-state index in [4.69, 9.17) is 23.2 Å². The Balaban J connectivity index is 2.11. The van der Waals surface area contributed by atoms with Crippen LogP contribution in [0, 0.1) is 0 Å². The average molecular weight is 323 g/mol. The summed E-state index contributed by atoms with van der Waals surface area (Å²) in [6.45, 7) is 3.72. The molecule has 0 aliphatic carbocycles. The lowest BCUT2D eigenvalue weighted by molar-refractivity contribution is 0.102. The maximum atomic E-state index is 12.2. The molecule has 0 aliphatic heterocycles. The molecule has 0 bridgehead atoms. The van der Waals surface area contributed by atoms with Gasteiger partial charge in [0, 0.05) is 27.8 Å². The molecule has 0 atom stereocenters. The highest BCUT2D eigenvalue weighted by Crippen LogP contribution is 2.20. The van der Waals surface area contributed by atoms with Gasteiger partial charge in [0.05, 0.1) is 0 Å². The van der Waals surface area contributed by atoms with Gasteiger partial charge in [-0.15, -0.1) is 0 Å². The predicted molar refractivity (Wildman–Crippen MR) is 88.2 cm³/mol. The molecule has 0 saturated carbocycles. The van der Waals surface area contributed by atoms with Crippen molar-refractivity contribution < 1.29 is 4.79 Å². The van der Waals surface area contributed by atoms with Gasteiger partial charge in [-0.2, -0.15) is 0 Å². The second-order valence-corrected chi connectivity index (χ2v) is 5.47. The fourth-order valence-electron chi connectivity index (χ4n) is 1.92.